The van der Waals surface area contributed by atoms with Crippen LogP contribution in [0.25, 0.3) is 77.2 Å². The molecule has 0 fully saturated rings. The van der Waals surface area contributed by atoms with Gasteiger partial charge < -0.3 is 9.32 Å². The molecule has 0 saturated carbocycles. The fourth-order valence-corrected chi connectivity index (χ4v) is 7.95. The highest BCUT2D eigenvalue weighted by Crippen LogP contribution is 2.49. The number of para-hydroxylation sites is 2. The molecule has 0 saturated heterocycles. The summed E-state index contributed by atoms with van der Waals surface area (Å²) in [5, 5.41) is 4.65. The molecule has 0 atom stereocenters. The molecule has 1 aromatic heterocycles. The molecule has 2 nitrogen and oxygen atoms in total. The number of rotatable bonds is 7. The Balaban J connectivity index is 1.22. The van der Waals surface area contributed by atoms with Gasteiger partial charge in [0, 0.05) is 33.3 Å². The largest absolute Gasteiger partial charge is 0.456 e. The Bertz CT molecular complexity index is 2820. The first-order valence-corrected chi connectivity index (χ1v) is 18.4. The molecule has 10 aromatic rings. The zero-order valence-corrected chi connectivity index (χ0v) is 29.6. The Kier molecular flexibility index (Phi) is 7.85. The van der Waals surface area contributed by atoms with E-state index in [1.54, 1.807) is 0 Å². The van der Waals surface area contributed by atoms with Gasteiger partial charge >= 0.3 is 0 Å². The Morgan fingerprint density at radius 1 is 0.315 bits per heavy atom. The van der Waals surface area contributed by atoms with Gasteiger partial charge in [-0.1, -0.05) is 164 Å². The molecule has 254 valence electrons. The second-order valence-electron chi connectivity index (χ2n) is 13.7. The van der Waals surface area contributed by atoms with Crippen LogP contribution < -0.4 is 4.90 Å². The van der Waals surface area contributed by atoms with E-state index >= 15 is 0 Å². The van der Waals surface area contributed by atoms with Gasteiger partial charge in [-0.2, -0.15) is 0 Å². The summed E-state index contributed by atoms with van der Waals surface area (Å²) in [7, 11) is 0. The molecule has 0 aliphatic rings. The zero-order chi connectivity index (χ0) is 35.8. The van der Waals surface area contributed by atoms with Crippen molar-refractivity contribution in [2.45, 2.75) is 0 Å². The molecule has 2 heteroatoms. The minimum absolute atomic E-state index is 0.880. The molecule has 0 unspecified atom stereocenters. The SMILES string of the molecule is c1ccc(-c2ccc(N(c3ccc(-c4ccccc4)cc3)c3ccccc3-c3ccc4oc5ccccc5c4c3-c3cccc4ccccc34)cc2)cc1. The third-order valence-electron chi connectivity index (χ3n) is 10.5. The smallest absolute Gasteiger partial charge is 0.136 e. The molecule has 0 bridgehead atoms. The van der Waals surface area contributed by atoms with E-state index in [1.807, 2.05) is 6.07 Å². The van der Waals surface area contributed by atoms with Crippen LogP contribution in [0.15, 0.2) is 217 Å². The molecule has 0 aliphatic carbocycles. The number of hydrogen-bond donors (Lipinski definition) is 0. The minimum Gasteiger partial charge on any atom is -0.456 e. The lowest BCUT2D eigenvalue weighted by Gasteiger charge is -2.29. The predicted octanol–water partition coefficient (Wildman–Crippen LogP) is 14.9. The lowest BCUT2D eigenvalue weighted by molar-refractivity contribution is 0.669. The summed E-state index contributed by atoms with van der Waals surface area (Å²) in [6.07, 6.45) is 0. The number of hydrogen-bond acceptors (Lipinski definition) is 2. The van der Waals surface area contributed by atoms with Crippen molar-refractivity contribution in [3.8, 4) is 44.5 Å². The number of anilines is 3. The summed E-state index contributed by atoms with van der Waals surface area (Å²) in [4.78, 5) is 2.39. The van der Waals surface area contributed by atoms with Crippen molar-refractivity contribution in [1.29, 1.82) is 0 Å². The van der Waals surface area contributed by atoms with E-state index < -0.39 is 0 Å². The molecule has 10 rings (SSSR count). The van der Waals surface area contributed by atoms with Gasteiger partial charge in [-0.15, -0.1) is 0 Å². The highest BCUT2D eigenvalue weighted by molar-refractivity contribution is 6.19. The van der Waals surface area contributed by atoms with Crippen LogP contribution in [-0.4, -0.2) is 0 Å². The van der Waals surface area contributed by atoms with Gasteiger partial charge in [0.15, 0.2) is 0 Å². The summed E-state index contributed by atoms with van der Waals surface area (Å²) in [5.74, 6) is 0. The summed E-state index contributed by atoms with van der Waals surface area (Å²) in [5.41, 5.74) is 14.4. The molecule has 1 heterocycles. The fourth-order valence-electron chi connectivity index (χ4n) is 7.95. The summed E-state index contributed by atoms with van der Waals surface area (Å²) in [6, 6.07) is 75.9. The van der Waals surface area contributed by atoms with Crippen LogP contribution in [0.4, 0.5) is 17.1 Å². The predicted molar refractivity (Wildman–Crippen MR) is 228 cm³/mol. The topological polar surface area (TPSA) is 16.4 Å². The maximum Gasteiger partial charge on any atom is 0.136 e. The second kappa shape index (κ2) is 13.4. The molecule has 0 spiro atoms. The van der Waals surface area contributed by atoms with Crippen molar-refractivity contribution in [3.05, 3.63) is 212 Å². The summed E-state index contributed by atoms with van der Waals surface area (Å²) < 4.78 is 6.52. The summed E-state index contributed by atoms with van der Waals surface area (Å²) >= 11 is 0. The van der Waals surface area contributed by atoms with E-state index in [1.165, 1.54) is 44.2 Å². The van der Waals surface area contributed by atoms with Gasteiger partial charge in [0.05, 0.1) is 5.69 Å². The van der Waals surface area contributed by atoms with E-state index in [0.717, 1.165) is 50.1 Å². The number of benzene rings is 9. The van der Waals surface area contributed by atoms with E-state index in [0.29, 0.717) is 0 Å². The zero-order valence-electron chi connectivity index (χ0n) is 29.6. The van der Waals surface area contributed by atoms with Gasteiger partial charge in [-0.3, -0.25) is 0 Å². The number of nitrogens with zero attached hydrogens (tertiary/aromatic N) is 1. The van der Waals surface area contributed by atoms with Gasteiger partial charge in [0.1, 0.15) is 11.2 Å². The molecule has 0 aliphatic heterocycles. The van der Waals surface area contributed by atoms with E-state index in [9.17, 15) is 0 Å². The van der Waals surface area contributed by atoms with Crippen LogP contribution in [0.2, 0.25) is 0 Å². The average molecular weight is 690 g/mol. The summed E-state index contributed by atoms with van der Waals surface area (Å²) in [6.45, 7) is 0. The molecule has 0 N–H and O–H groups in total. The van der Waals surface area contributed by atoms with Gasteiger partial charge in [0.2, 0.25) is 0 Å². The third kappa shape index (κ3) is 5.53. The quantitative estimate of drug-likeness (QED) is 0.166. The molecule has 0 radical (unpaired) electrons. The Morgan fingerprint density at radius 3 is 1.52 bits per heavy atom. The van der Waals surface area contributed by atoms with Gasteiger partial charge in [0.25, 0.3) is 0 Å². The average Bonchev–Trinajstić information content (AvgIpc) is 3.64. The van der Waals surface area contributed by atoms with Crippen molar-refractivity contribution in [2.24, 2.45) is 0 Å². The second-order valence-corrected chi connectivity index (χ2v) is 13.7. The van der Waals surface area contributed by atoms with Crippen molar-refractivity contribution in [1.82, 2.24) is 0 Å². The maximum atomic E-state index is 6.52. The van der Waals surface area contributed by atoms with Crippen LogP contribution >= 0.6 is 0 Å². The first-order valence-electron chi connectivity index (χ1n) is 18.4. The molecule has 54 heavy (non-hydrogen) atoms. The number of fused-ring (bicyclic) bond motifs is 4. The minimum atomic E-state index is 0.880. The molecular formula is C52H35NO. The van der Waals surface area contributed by atoms with E-state index in [-0.39, 0.29) is 0 Å². The highest BCUT2D eigenvalue weighted by Gasteiger charge is 2.23. The normalized spacial score (nSPS) is 11.3. The van der Waals surface area contributed by atoms with Crippen LogP contribution in [0, 0.1) is 0 Å². The van der Waals surface area contributed by atoms with Crippen molar-refractivity contribution >= 4 is 49.8 Å². The van der Waals surface area contributed by atoms with E-state index in [2.05, 4.69) is 211 Å². The molecule has 0 amide bonds. The van der Waals surface area contributed by atoms with Crippen LogP contribution in [0.1, 0.15) is 0 Å². The van der Waals surface area contributed by atoms with Crippen LogP contribution in [0.5, 0.6) is 0 Å². The first-order chi connectivity index (χ1) is 26.8. The standard InChI is InChI=1S/C52H35NO/c1-3-14-36(15-4-1)38-26-30-41(31-27-38)53(42-32-28-39(29-33-42)37-16-5-2-6-17-37)48-24-11-9-21-44(48)46-34-35-50-52(47-22-10-12-25-49(47)54-50)51(46)45-23-13-19-40-18-7-8-20-43(40)45/h1-35H. The van der Waals surface area contributed by atoms with Gasteiger partial charge in [-0.05, 0) is 92.7 Å². The Hall–Kier alpha value is -7.16. The first kappa shape index (κ1) is 31.6. The number of furan rings is 1. The molecule has 9 aromatic carbocycles. The lowest BCUT2D eigenvalue weighted by atomic mass is 9.87. The van der Waals surface area contributed by atoms with Crippen molar-refractivity contribution in [2.75, 3.05) is 4.90 Å². The van der Waals surface area contributed by atoms with Crippen molar-refractivity contribution in [3.63, 3.8) is 0 Å². The fraction of sp³-hybridized carbons (Fsp3) is 0. The third-order valence-corrected chi connectivity index (χ3v) is 10.5. The van der Waals surface area contributed by atoms with Crippen LogP contribution in [-0.2, 0) is 0 Å². The van der Waals surface area contributed by atoms with Crippen molar-refractivity contribution < 1.29 is 4.42 Å². The monoisotopic (exact) mass is 689 g/mol. The van der Waals surface area contributed by atoms with Crippen LogP contribution in [0.3, 0.4) is 0 Å². The highest BCUT2D eigenvalue weighted by atomic mass is 16.3. The Labute approximate surface area is 314 Å². The maximum absolute atomic E-state index is 6.52. The van der Waals surface area contributed by atoms with E-state index in [4.69, 9.17) is 4.42 Å². The Morgan fingerprint density at radius 2 is 0.833 bits per heavy atom. The molecular weight excluding hydrogens is 655 g/mol. The lowest BCUT2D eigenvalue weighted by Crippen LogP contribution is -2.11. The van der Waals surface area contributed by atoms with Gasteiger partial charge in [-0.25, -0.2) is 0 Å².